The number of ketones is 2. The average Bonchev–Trinajstić information content (AvgIpc) is 1.97. The van der Waals surface area contributed by atoms with E-state index in [0.717, 1.165) is 5.57 Å². The summed E-state index contributed by atoms with van der Waals surface area (Å²) in [4.78, 5) is 21.2. The molecule has 3 heteroatoms. The zero-order valence-electron chi connectivity index (χ0n) is 7.59. The van der Waals surface area contributed by atoms with Gasteiger partial charge in [0.15, 0.2) is 5.78 Å². The van der Waals surface area contributed by atoms with Crippen molar-refractivity contribution in [2.75, 3.05) is 6.54 Å². The Morgan fingerprint density at radius 2 is 1.83 bits per heavy atom. The Hall–Kier alpha value is -0.960. The highest BCUT2D eigenvalue weighted by molar-refractivity contribution is 5.88. The molecule has 0 aromatic heterocycles. The summed E-state index contributed by atoms with van der Waals surface area (Å²) in [5.41, 5.74) is 6.22. The number of nitrogens with two attached hydrogens (primary N) is 1. The number of carbonyl (C=O) groups is 2. The Morgan fingerprint density at radius 1 is 1.25 bits per heavy atom. The van der Waals surface area contributed by atoms with E-state index in [9.17, 15) is 9.59 Å². The van der Waals surface area contributed by atoms with Crippen LogP contribution in [0, 0.1) is 0 Å². The van der Waals surface area contributed by atoms with E-state index >= 15 is 0 Å². The van der Waals surface area contributed by atoms with Crippen molar-refractivity contribution < 1.29 is 9.59 Å². The van der Waals surface area contributed by atoms with Gasteiger partial charge in [0.2, 0.25) is 0 Å². The van der Waals surface area contributed by atoms with Crippen molar-refractivity contribution >= 4 is 11.6 Å². The molecule has 0 spiro atoms. The van der Waals surface area contributed by atoms with Crippen LogP contribution in [-0.2, 0) is 9.59 Å². The van der Waals surface area contributed by atoms with Crippen LogP contribution in [0.4, 0.5) is 0 Å². The third-order valence-electron chi connectivity index (χ3n) is 1.47. The zero-order valence-corrected chi connectivity index (χ0v) is 7.59. The monoisotopic (exact) mass is 169 g/mol. The zero-order chi connectivity index (χ0) is 9.56. The maximum atomic E-state index is 10.6. The molecule has 0 aliphatic heterocycles. The molecular formula is C9H15NO2. The summed E-state index contributed by atoms with van der Waals surface area (Å²) in [6, 6.07) is 0. The molecule has 2 N–H and O–H groups in total. The predicted molar refractivity (Wildman–Crippen MR) is 47.7 cm³/mol. The Bertz CT molecular complexity index is 207. The summed E-state index contributed by atoms with van der Waals surface area (Å²) in [6.07, 6.45) is 2.57. The van der Waals surface area contributed by atoms with Crippen molar-refractivity contribution in [3.63, 3.8) is 0 Å². The smallest absolute Gasteiger partial charge is 0.152 e. The Morgan fingerprint density at radius 3 is 2.17 bits per heavy atom. The molecule has 12 heavy (non-hydrogen) atoms. The fourth-order valence-electron chi connectivity index (χ4n) is 0.857. The van der Waals surface area contributed by atoms with Crippen LogP contribution >= 0.6 is 0 Å². The summed E-state index contributed by atoms with van der Waals surface area (Å²) < 4.78 is 0. The minimum atomic E-state index is -0.0148. The quantitative estimate of drug-likeness (QED) is 0.620. The van der Waals surface area contributed by atoms with Gasteiger partial charge in [-0.25, -0.2) is 0 Å². The maximum Gasteiger partial charge on any atom is 0.152 e. The van der Waals surface area contributed by atoms with E-state index in [2.05, 4.69) is 0 Å². The molecule has 0 unspecified atom stereocenters. The first-order valence-electron chi connectivity index (χ1n) is 3.95. The van der Waals surface area contributed by atoms with Crippen molar-refractivity contribution in [1.82, 2.24) is 0 Å². The molecule has 0 rings (SSSR count). The molecule has 0 aromatic rings. The van der Waals surface area contributed by atoms with Gasteiger partial charge >= 0.3 is 0 Å². The SMILES string of the molecule is CC(=O)/C=C(/CN)CCC(C)=O. The lowest BCUT2D eigenvalue weighted by Crippen LogP contribution is -2.06. The molecule has 3 nitrogen and oxygen atoms in total. The molecule has 0 aromatic carbocycles. The first kappa shape index (κ1) is 11.0. The first-order valence-corrected chi connectivity index (χ1v) is 3.95. The molecule has 0 amide bonds. The molecular weight excluding hydrogens is 154 g/mol. The topological polar surface area (TPSA) is 60.2 Å². The second-order valence-electron chi connectivity index (χ2n) is 2.82. The maximum absolute atomic E-state index is 10.6. The summed E-state index contributed by atoms with van der Waals surface area (Å²) >= 11 is 0. The second-order valence-corrected chi connectivity index (χ2v) is 2.82. The molecule has 0 heterocycles. The van der Waals surface area contributed by atoms with Crippen LogP contribution in [0.15, 0.2) is 11.6 Å². The number of Topliss-reactive ketones (excluding diaryl/α,β-unsaturated/α-hetero) is 1. The van der Waals surface area contributed by atoms with Crippen LogP contribution < -0.4 is 5.73 Å². The minimum Gasteiger partial charge on any atom is -0.327 e. The summed E-state index contributed by atoms with van der Waals surface area (Å²) in [5.74, 6) is 0.108. The van der Waals surface area contributed by atoms with Crippen molar-refractivity contribution in [1.29, 1.82) is 0 Å². The van der Waals surface area contributed by atoms with Crippen LogP contribution in [0.3, 0.4) is 0 Å². The third kappa shape index (κ3) is 5.80. The van der Waals surface area contributed by atoms with E-state index in [-0.39, 0.29) is 11.6 Å². The van der Waals surface area contributed by atoms with Gasteiger partial charge in [-0.3, -0.25) is 4.79 Å². The van der Waals surface area contributed by atoms with E-state index in [1.807, 2.05) is 0 Å². The lowest BCUT2D eigenvalue weighted by atomic mass is 10.1. The van der Waals surface area contributed by atoms with Crippen LogP contribution in [-0.4, -0.2) is 18.1 Å². The van der Waals surface area contributed by atoms with Crippen LogP contribution in [0.25, 0.3) is 0 Å². The van der Waals surface area contributed by atoms with Crippen molar-refractivity contribution in [2.24, 2.45) is 5.73 Å². The van der Waals surface area contributed by atoms with Crippen LogP contribution in [0.2, 0.25) is 0 Å². The summed E-state index contributed by atoms with van der Waals surface area (Å²) in [6.45, 7) is 3.36. The summed E-state index contributed by atoms with van der Waals surface area (Å²) in [7, 11) is 0. The van der Waals surface area contributed by atoms with Gasteiger partial charge in [0.25, 0.3) is 0 Å². The van der Waals surface area contributed by atoms with Crippen LogP contribution in [0.1, 0.15) is 26.7 Å². The van der Waals surface area contributed by atoms with Gasteiger partial charge in [-0.05, 0) is 26.3 Å². The largest absolute Gasteiger partial charge is 0.327 e. The van der Waals surface area contributed by atoms with E-state index in [1.165, 1.54) is 19.9 Å². The van der Waals surface area contributed by atoms with Gasteiger partial charge in [0.1, 0.15) is 5.78 Å². The average molecular weight is 169 g/mol. The standard InChI is InChI=1S/C9H15NO2/c1-7(11)3-4-9(6-10)5-8(2)12/h5H,3-4,6,10H2,1-2H3/b9-5+. The molecule has 0 aliphatic rings. The van der Waals surface area contributed by atoms with E-state index < -0.39 is 0 Å². The number of hydrogen-bond donors (Lipinski definition) is 1. The van der Waals surface area contributed by atoms with Gasteiger partial charge in [0.05, 0.1) is 0 Å². The van der Waals surface area contributed by atoms with Crippen molar-refractivity contribution in [3.8, 4) is 0 Å². The lowest BCUT2D eigenvalue weighted by molar-refractivity contribution is -0.117. The highest BCUT2D eigenvalue weighted by atomic mass is 16.1. The molecule has 0 bridgehead atoms. The number of carbonyl (C=O) groups excluding carboxylic acids is 2. The normalized spacial score (nSPS) is 11.4. The number of allylic oxidation sites excluding steroid dienone is 1. The Kier molecular flexibility index (Phi) is 5.21. The van der Waals surface area contributed by atoms with E-state index in [1.54, 1.807) is 0 Å². The number of hydrogen-bond acceptors (Lipinski definition) is 3. The third-order valence-corrected chi connectivity index (χ3v) is 1.47. The van der Waals surface area contributed by atoms with E-state index in [0.29, 0.717) is 19.4 Å². The molecule has 68 valence electrons. The molecule has 0 aliphatic carbocycles. The highest BCUT2D eigenvalue weighted by Gasteiger charge is 1.99. The number of rotatable bonds is 5. The fourth-order valence-corrected chi connectivity index (χ4v) is 0.857. The molecule has 0 saturated carbocycles. The lowest BCUT2D eigenvalue weighted by Gasteiger charge is -2.00. The fraction of sp³-hybridized carbons (Fsp3) is 0.556. The molecule has 0 radical (unpaired) electrons. The Labute approximate surface area is 72.6 Å². The first-order chi connectivity index (χ1) is 5.56. The van der Waals surface area contributed by atoms with Gasteiger partial charge in [-0.1, -0.05) is 5.57 Å². The summed E-state index contributed by atoms with van der Waals surface area (Å²) in [5, 5.41) is 0. The molecule has 0 fully saturated rings. The van der Waals surface area contributed by atoms with Gasteiger partial charge in [-0.2, -0.15) is 0 Å². The van der Waals surface area contributed by atoms with Crippen LogP contribution in [0.5, 0.6) is 0 Å². The second kappa shape index (κ2) is 5.66. The van der Waals surface area contributed by atoms with Crippen molar-refractivity contribution in [2.45, 2.75) is 26.7 Å². The van der Waals surface area contributed by atoms with Gasteiger partial charge < -0.3 is 10.5 Å². The minimum absolute atomic E-state index is 0.0148. The van der Waals surface area contributed by atoms with Crippen molar-refractivity contribution in [3.05, 3.63) is 11.6 Å². The van der Waals surface area contributed by atoms with Gasteiger partial charge in [-0.15, -0.1) is 0 Å². The highest BCUT2D eigenvalue weighted by Crippen LogP contribution is 2.03. The van der Waals surface area contributed by atoms with Gasteiger partial charge in [0, 0.05) is 13.0 Å². The van der Waals surface area contributed by atoms with E-state index in [4.69, 9.17) is 5.73 Å². The molecule has 0 atom stereocenters. The molecule has 0 saturated heterocycles. The Balaban J connectivity index is 4.00. The predicted octanol–water partition coefficient (Wildman–Crippen LogP) is 0.830.